The predicted molar refractivity (Wildman–Crippen MR) is 95.7 cm³/mol. The molecule has 0 saturated heterocycles. The molecule has 0 amide bonds. The Kier molecular flexibility index (Phi) is 4.30. The molecule has 25 heavy (non-hydrogen) atoms. The Hall–Kier alpha value is -2.56. The van der Waals surface area contributed by atoms with E-state index in [1.54, 1.807) is 5.38 Å². The number of thiazole rings is 1. The van der Waals surface area contributed by atoms with Gasteiger partial charge in [0.25, 0.3) is 0 Å². The van der Waals surface area contributed by atoms with Crippen LogP contribution in [0.25, 0.3) is 16.3 Å². The van der Waals surface area contributed by atoms with Gasteiger partial charge in [-0.15, -0.1) is 27.8 Å². The number of aromatic carboxylic acids is 1. The lowest BCUT2D eigenvalue weighted by atomic mass is 10.2. The van der Waals surface area contributed by atoms with Crippen LogP contribution < -0.4 is 0 Å². The van der Waals surface area contributed by atoms with Crippen molar-refractivity contribution in [1.29, 1.82) is 0 Å². The summed E-state index contributed by atoms with van der Waals surface area (Å²) in [5.74, 6) is -1.01. The zero-order valence-corrected chi connectivity index (χ0v) is 14.9. The molecule has 10 heteroatoms. The Morgan fingerprint density at radius 1 is 1.16 bits per heavy atom. The average molecular weight is 387 g/mol. The molecule has 1 aromatic carbocycles. The summed E-state index contributed by atoms with van der Waals surface area (Å²) in [6, 6.07) is 11.4. The van der Waals surface area contributed by atoms with Crippen molar-refractivity contribution in [3.05, 3.63) is 52.7 Å². The van der Waals surface area contributed by atoms with Gasteiger partial charge in [0.1, 0.15) is 5.00 Å². The van der Waals surface area contributed by atoms with E-state index in [2.05, 4.69) is 20.5 Å². The number of hydrogen-bond donors (Lipinski definition) is 1. The van der Waals surface area contributed by atoms with E-state index in [-0.39, 0.29) is 5.56 Å². The molecule has 124 valence electrons. The van der Waals surface area contributed by atoms with Crippen molar-refractivity contribution in [3.8, 4) is 16.3 Å². The van der Waals surface area contributed by atoms with Gasteiger partial charge in [-0.25, -0.2) is 9.78 Å². The minimum atomic E-state index is -1.01. The van der Waals surface area contributed by atoms with Crippen LogP contribution >= 0.6 is 34.4 Å². The Balaban J connectivity index is 1.63. The molecule has 7 nitrogen and oxygen atoms in total. The van der Waals surface area contributed by atoms with Crippen molar-refractivity contribution in [2.75, 3.05) is 0 Å². The van der Waals surface area contributed by atoms with Crippen LogP contribution in [-0.4, -0.2) is 36.3 Å². The third-order valence-electron chi connectivity index (χ3n) is 3.24. The van der Waals surface area contributed by atoms with Gasteiger partial charge in [0.2, 0.25) is 5.16 Å². The maximum Gasteiger partial charge on any atom is 0.338 e. The zero-order chi connectivity index (χ0) is 17.2. The summed E-state index contributed by atoms with van der Waals surface area (Å²) in [6.45, 7) is 0. The van der Waals surface area contributed by atoms with Crippen LogP contribution in [0.15, 0.2) is 56.7 Å². The summed E-state index contributed by atoms with van der Waals surface area (Å²) in [7, 11) is 0. The first-order valence-corrected chi connectivity index (χ1v) is 9.58. The third-order valence-corrected chi connectivity index (χ3v) is 6.00. The number of tetrazole rings is 1. The van der Waals surface area contributed by atoms with E-state index in [9.17, 15) is 9.90 Å². The number of carbonyl (C=O) groups is 1. The van der Waals surface area contributed by atoms with Gasteiger partial charge < -0.3 is 5.11 Å². The first-order chi connectivity index (χ1) is 12.2. The summed E-state index contributed by atoms with van der Waals surface area (Å²) in [5, 5.41) is 25.5. The molecule has 1 N–H and O–H groups in total. The largest absolute Gasteiger partial charge is 0.478 e. The molecule has 0 aliphatic rings. The Morgan fingerprint density at radius 3 is 2.80 bits per heavy atom. The SMILES string of the molecule is O=C(O)c1ccsc1-n1nnnc1Sc1nc(-c2ccccc2)cs1. The van der Waals surface area contributed by atoms with Crippen LogP contribution in [0.5, 0.6) is 0 Å². The molecule has 0 spiro atoms. The molecule has 0 fully saturated rings. The minimum Gasteiger partial charge on any atom is -0.478 e. The van der Waals surface area contributed by atoms with Crippen LogP contribution in [0, 0.1) is 0 Å². The number of rotatable bonds is 5. The lowest BCUT2D eigenvalue weighted by Gasteiger charge is -2.01. The number of thiophene rings is 1. The molecule has 4 rings (SSSR count). The minimum absolute atomic E-state index is 0.170. The average Bonchev–Trinajstić information content (AvgIpc) is 3.36. The van der Waals surface area contributed by atoms with Gasteiger partial charge in [0, 0.05) is 10.9 Å². The number of nitrogens with zero attached hydrogens (tertiary/aromatic N) is 5. The summed E-state index contributed by atoms with van der Waals surface area (Å²) in [5.41, 5.74) is 2.09. The molecule has 0 atom stereocenters. The van der Waals surface area contributed by atoms with Crippen LogP contribution in [-0.2, 0) is 0 Å². The van der Waals surface area contributed by atoms with Crippen LogP contribution in [0.2, 0.25) is 0 Å². The van der Waals surface area contributed by atoms with Gasteiger partial charge in [0.05, 0.1) is 11.3 Å². The lowest BCUT2D eigenvalue weighted by molar-refractivity contribution is 0.0697. The summed E-state index contributed by atoms with van der Waals surface area (Å²) >= 11 is 4.06. The molecule has 3 aromatic heterocycles. The molecule has 4 aromatic rings. The maximum absolute atomic E-state index is 11.3. The highest BCUT2D eigenvalue weighted by Gasteiger charge is 2.19. The second-order valence-electron chi connectivity index (χ2n) is 4.78. The van der Waals surface area contributed by atoms with E-state index in [4.69, 9.17) is 0 Å². The van der Waals surface area contributed by atoms with Crippen molar-refractivity contribution in [1.82, 2.24) is 25.2 Å². The van der Waals surface area contributed by atoms with Gasteiger partial charge >= 0.3 is 5.97 Å². The molecule has 3 heterocycles. The van der Waals surface area contributed by atoms with Crippen molar-refractivity contribution < 1.29 is 9.90 Å². The number of aromatic nitrogens is 5. The zero-order valence-electron chi connectivity index (χ0n) is 12.4. The van der Waals surface area contributed by atoms with Crippen molar-refractivity contribution in [2.24, 2.45) is 0 Å². The van der Waals surface area contributed by atoms with E-state index in [0.717, 1.165) is 15.6 Å². The summed E-state index contributed by atoms with van der Waals surface area (Å²) in [4.78, 5) is 15.9. The molecular formula is C15H9N5O2S3. The second kappa shape index (κ2) is 6.75. The normalized spacial score (nSPS) is 10.9. The van der Waals surface area contributed by atoms with E-state index < -0.39 is 5.97 Å². The Morgan fingerprint density at radius 2 is 2.00 bits per heavy atom. The molecule has 0 bridgehead atoms. The van der Waals surface area contributed by atoms with Crippen LogP contribution in [0.4, 0.5) is 0 Å². The van der Waals surface area contributed by atoms with Crippen LogP contribution in [0.1, 0.15) is 10.4 Å². The molecular weight excluding hydrogens is 378 g/mol. The topological polar surface area (TPSA) is 93.8 Å². The number of carboxylic acids is 1. The third kappa shape index (κ3) is 3.18. The van der Waals surface area contributed by atoms with Crippen LogP contribution in [0.3, 0.4) is 0 Å². The fourth-order valence-corrected chi connectivity index (χ4v) is 4.72. The monoisotopic (exact) mass is 387 g/mol. The van der Waals surface area contributed by atoms with Gasteiger partial charge in [0.15, 0.2) is 4.34 Å². The smallest absolute Gasteiger partial charge is 0.338 e. The quantitative estimate of drug-likeness (QED) is 0.558. The predicted octanol–water partition coefficient (Wildman–Crippen LogP) is 3.70. The molecule has 0 unspecified atom stereocenters. The second-order valence-corrected chi connectivity index (χ2v) is 7.75. The molecule has 0 aliphatic carbocycles. The number of hydrogen-bond acceptors (Lipinski definition) is 8. The van der Waals surface area contributed by atoms with Crippen molar-refractivity contribution in [2.45, 2.75) is 9.50 Å². The summed E-state index contributed by atoms with van der Waals surface area (Å²) in [6.07, 6.45) is 0. The van der Waals surface area contributed by atoms with Crippen molar-refractivity contribution >= 4 is 40.4 Å². The van der Waals surface area contributed by atoms with Gasteiger partial charge in [-0.3, -0.25) is 0 Å². The number of benzene rings is 1. The standard InChI is InChI=1S/C15H9N5O2S3/c21-13(22)10-6-7-23-12(10)20-14(17-18-19-20)25-15-16-11(8-24-15)9-4-2-1-3-5-9/h1-8H,(H,21,22). The number of carboxylic acid groups (broad SMARTS) is 1. The van der Waals surface area contributed by atoms with Gasteiger partial charge in [-0.05, 0) is 33.6 Å². The Bertz CT molecular complexity index is 1020. The summed E-state index contributed by atoms with van der Waals surface area (Å²) < 4.78 is 2.21. The highest BCUT2D eigenvalue weighted by Crippen LogP contribution is 2.34. The van der Waals surface area contributed by atoms with Gasteiger partial charge in [-0.2, -0.15) is 4.68 Å². The van der Waals surface area contributed by atoms with E-state index in [0.29, 0.717) is 10.2 Å². The fourth-order valence-electron chi connectivity index (χ4n) is 2.12. The lowest BCUT2D eigenvalue weighted by Crippen LogP contribution is -2.04. The first kappa shape index (κ1) is 15.9. The van der Waals surface area contributed by atoms with E-state index >= 15 is 0 Å². The molecule has 0 saturated carbocycles. The highest BCUT2D eigenvalue weighted by molar-refractivity contribution is 8.00. The van der Waals surface area contributed by atoms with E-state index in [1.165, 1.54) is 45.2 Å². The Labute approximate surface area is 154 Å². The first-order valence-electron chi connectivity index (χ1n) is 7.01. The maximum atomic E-state index is 11.3. The van der Waals surface area contributed by atoms with Gasteiger partial charge in [-0.1, -0.05) is 30.3 Å². The fraction of sp³-hybridized carbons (Fsp3) is 0. The van der Waals surface area contributed by atoms with E-state index in [1.807, 2.05) is 35.7 Å². The molecule has 0 radical (unpaired) electrons. The van der Waals surface area contributed by atoms with Crippen molar-refractivity contribution in [3.63, 3.8) is 0 Å². The molecule has 0 aliphatic heterocycles. The highest BCUT2D eigenvalue weighted by atomic mass is 32.2.